The van der Waals surface area contributed by atoms with Crippen LogP contribution in [0.15, 0.2) is 93.8 Å². The van der Waals surface area contributed by atoms with Crippen molar-refractivity contribution in [1.82, 2.24) is 4.98 Å². The van der Waals surface area contributed by atoms with Gasteiger partial charge in [0.15, 0.2) is 9.79 Å². The lowest BCUT2D eigenvalue weighted by atomic mass is 10.3. The highest BCUT2D eigenvalue weighted by Crippen LogP contribution is 2.29. The molecule has 0 bridgehead atoms. The van der Waals surface area contributed by atoms with Crippen LogP contribution in [-0.2, 0) is 10.9 Å². The smallest absolute Gasteiger partial charge is 0.337 e. The molecule has 0 saturated carbocycles. The van der Waals surface area contributed by atoms with Gasteiger partial charge in [0.1, 0.15) is 10.9 Å². The second-order valence-electron chi connectivity index (χ2n) is 4.62. The third-order valence-electron chi connectivity index (χ3n) is 3.15. The summed E-state index contributed by atoms with van der Waals surface area (Å²) in [7, 11) is -0.340. The van der Waals surface area contributed by atoms with E-state index in [0.29, 0.717) is 0 Å². The van der Waals surface area contributed by atoms with Crippen molar-refractivity contribution >= 4 is 16.9 Å². The van der Waals surface area contributed by atoms with Crippen molar-refractivity contribution in [2.45, 2.75) is 14.8 Å². The Labute approximate surface area is 131 Å². The molecule has 0 aliphatic carbocycles. The van der Waals surface area contributed by atoms with E-state index < -0.39 is 5.97 Å². The highest BCUT2D eigenvalue weighted by Gasteiger charge is 2.29. The fraction of sp³-hybridized carbons (Fsp3) is 0. The van der Waals surface area contributed by atoms with Crippen LogP contribution in [0.4, 0.5) is 0 Å². The zero-order chi connectivity index (χ0) is 15.4. The van der Waals surface area contributed by atoms with Crippen LogP contribution in [0.5, 0.6) is 0 Å². The average Bonchev–Trinajstić information content (AvgIpc) is 2.57. The maximum atomic E-state index is 11.0. The Bertz CT molecular complexity index is 719. The second-order valence-corrected chi connectivity index (χ2v) is 6.60. The van der Waals surface area contributed by atoms with Crippen LogP contribution in [0.1, 0.15) is 10.4 Å². The first-order valence-electron chi connectivity index (χ1n) is 6.79. The number of rotatable bonds is 4. The molecule has 1 aromatic heterocycles. The predicted molar refractivity (Wildman–Crippen MR) is 86.2 cm³/mol. The van der Waals surface area contributed by atoms with Gasteiger partial charge >= 0.3 is 5.97 Å². The number of hydrogen-bond donors (Lipinski definition) is 1. The number of pyridine rings is 1. The van der Waals surface area contributed by atoms with Gasteiger partial charge in [0.2, 0.25) is 0 Å². The topological polar surface area (TPSA) is 50.2 Å². The third kappa shape index (κ3) is 3.02. The maximum Gasteiger partial charge on any atom is 0.337 e. The van der Waals surface area contributed by atoms with Gasteiger partial charge < -0.3 is 5.11 Å². The summed E-state index contributed by atoms with van der Waals surface area (Å²) in [6.45, 7) is 0. The van der Waals surface area contributed by atoms with E-state index in [1.54, 1.807) is 12.1 Å². The summed E-state index contributed by atoms with van der Waals surface area (Å²) in [5, 5.41) is 9.87. The molecule has 0 amide bonds. The van der Waals surface area contributed by atoms with Gasteiger partial charge in [-0.25, -0.2) is 9.78 Å². The zero-order valence-corrected chi connectivity index (χ0v) is 12.5. The van der Waals surface area contributed by atoms with Gasteiger partial charge in [0, 0.05) is 12.3 Å². The van der Waals surface area contributed by atoms with Crippen molar-refractivity contribution in [2.24, 2.45) is 0 Å². The minimum atomic E-state index is -0.960. The van der Waals surface area contributed by atoms with Crippen molar-refractivity contribution in [3.8, 4) is 0 Å². The maximum absolute atomic E-state index is 11.0. The van der Waals surface area contributed by atoms with Crippen LogP contribution >= 0.6 is 0 Å². The molecule has 108 valence electrons. The minimum Gasteiger partial charge on any atom is -0.478 e. The fourth-order valence-electron chi connectivity index (χ4n) is 2.12. The number of carbonyl (C=O) groups is 1. The number of benzene rings is 2. The largest absolute Gasteiger partial charge is 0.478 e. The molecule has 3 nitrogen and oxygen atoms in total. The molecule has 0 fully saturated rings. The highest BCUT2D eigenvalue weighted by atomic mass is 32.2. The van der Waals surface area contributed by atoms with Crippen LogP contribution in [0.2, 0.25) is 0 Å². The average molecular weight is 308 g/mol. The van der Waals surface area contributed by atoms with Gasteiger partial charge in [0.25, 0.3) is 5.03 Å². The van der Waals surface area contributed by atoms with Gasteiger partial charge in [-0.1, -0.05) is 36.4 Å². The summed E-state index contributed by atoms with van der Waals surface area (Å²) < 4.78 is 0. The molecule has 3 rings (SSSR count). The van der Waals surface area contributed by atoms with Crippen LogP contribution in [0, 0.1) is 0 Å². The first-order chi connectivity index (χ1) is 10.8. The quantitative estimate of drug-likeness (QED) is 0.744. The molecule has 0 radical (unpaired) electrons. The highest BCUT2D eigenvalue weighted by molar-refractivity contribution is 7.97. The van der Waals surface area contributed by atoms with Crippen LogP contribution < -0.4 is 0 Å². The van der Waals surface area contributed by atoms with Gasteiger partial charge in [-0.2, -0.15) is 0 Å². The molecular formula is C18H14NO2S+. The first-order valence-corrected chi connectivity index (χ1v) is 8.02. The Morgan fingerprint density at radius 3 is 1.77 bits per heavy atom. The lowest BCUT2D eigenvalue weighted by Gasteiger charge is -2.06. The minimum absolute atomic E-state index is 0.202. The molecule has 0 aliphatic rings. The molecule has 1 N–H and O–H groups in total. The molecule has 0 atom stereocenters. The Kier molecular flexibility index (Phi) is 4.21. The van der Waals surface area contributed by atoms with Crippen molar-refractivity contribution in [3.63, 3.8) is 0 Å². The molecule has 0 aliphatic heterocycles. The SMILES string of the molecule is O=C(O)c1ccc([S+](c2ccccc2)c2ccccc2)nc1. The van der Waals surface area contributed by atoms with Crippen molar-refractivity contribution in [3.05, 3.63) is 84.6 Å². The van der Waals surface area contributed by atoms with Gasteiger partial charge in [-0.15, -0.1) is 0 Å². The van der Waals surface area contributed by atoms with Crippen molar-refractivity contribution in [2.75, 3.05) is 0 Å². The lowest BCUT2D eigenvalue weighted by molar-refractivity contribution is 0.0696. The summed E-state index contributed by atoms with van der Waals surface area (Å²) in [4.78, 5) is 17.7. The molecule has 22 heavy (non-hydrogen) atoms. The van der Waals surface area contributed by atoms with E-state index in [2.05, 4.69) is 29.2 Å². The Balaban J connectivity index is 2.08. The van der Waals surface area contributed by atoms with E-state index in [9.17, 15) is 4.79 Å². The Hall–Kier alpha value is -2.59. The van der Waals surface area contributed by atoms with Crippen LogP contribution in [0.25, 0.3) is 0 Å². The standard InChI is InChI=1S/C18H13NO2S/c20-18(21)14-11-12-17(19-13-14)22(15-7-3-1-4-8-15)16-9-5-2-6-10-16/h1-13H/p+1. The predicted octanol–water partition coefficient (Wildman–Crippen LogP) is 3.88. The Morgan fingerprint density at radius 2 is 1.36 bits per heavy atom. The monoisotopic (exact) mass is 308 g/mol. The van der Waals surface area contributed by atoms with E-state index in [4.69, 9.17) is 5.11 Å². The third-order valence-corrected chi connectivity index (χ3v) is 5.30. The zero-order valence-electron chi connectivity index (χ0n) is 11.7. The normalized spacial score (nSPS) is 10.6. The first kappa shape index (κ1) is 14.4. The van der Waals surface area contributed by atoms with E-state index in [1.807, 2.05) is 36.4 Å². The number of nitrogens with zero attached hydrogens (tertiary/aromatic N) is 1. The summed E-state index contributed by atoms with van der Waals surface area (Å²) in [6, 6.07) is 23.7. The van der Waals surface area contributed by atoms with Crippen molar-refractivity contribution in [1.29, 1.82) is 0 Å². The van der Waals surface area contributed by atoms with Crippen LogP contribution in [0.3, 0.4) is 0 Å². The van der Waals surface area contributed by atoms with Gasteiger partial charge in [0.05, 0.1) is 5.56 Å². The van der Waals surface area contributed by atoms with Gasteiger partial charge in [-0.3, -0.25) is 0 Å². The van der Waals surface area contributed by atoms with Gasteiger partial charge in [-0.05, 0) is 30.3 Å². The van der Waals surface area contributed by atoms with Crippen LogP contribution in [-0.4, -0.2) is 16.1 Å². The number of carboxylic acid groups (broad SMARTS) is 1. The molecule has 2 aromatic carbocycles. The van der Waals surface area contributed by atoms with E-state index in [-0.39, 0.29) is 16.5 Å². The number of carboxylic acids is 1. The number of hydrogen-bond acceptors (Lipinski definition) is 2. The molecule has 4 heteroatoms. The summed E-state index contributed by atoms with van der Waals surface area (Å²) >= 11 is 0. The molecule has 0 spiro atoms. The summed E-state index contributed by atoms with van der Waals surface area (Å²) in [5.41, 5.74) is 0.202. The lowest BCUT2D eigenvalue weighted by Crippen LogP contribution is -2.07. The van der Waals surface area contributed by atoms with Crippen molar-refractivity contribution < 1.29 is 9.90 Å². The Morgan fingerprint density at radius 1 is 0.818 bits per heavy atom. The summed E-state index contributed by atoms with van der Waals surface area (Å²) in [5.74, 6) is -0.960. The fourth-order valence-corrected chi connectivity index (χ4v) is 4.09. The summed E-state index contributed by atoms with van der Waals surface area (Å²) in [6.07, 6.45) is 1.42. The number of aromatic carboxylic acids is 1. The van der Waals surface area contributed by atoms with E-state index in [1.165, 1.54) is 6.20 Å². The molecule has 3 aromatic rings. The van der Waals surface area contributed by atoms with E-state index >= 15 is 0 Å². The molecule has 1 heterocycles. The molecular weight excluding hydrogens is 294 g/mol. The van der Waals surface area contributed by atoms with E-state index in [0.717, 1.165) is 14.8 Å². The second kappa shape index (κ2) is 6.45. The number of aromatic nitrogens is 1. The molecule has 0 saturated heterocycles. The molecule has 0 unspecified atom stereocenters.